The minimum atomic E-state index is 0.306. The number of hydrogen-bond acceptors (Lipinski definition) is 3. The zero-order chi connectivity index (χ0) is 19.2. The van der Waals surface area contributed by atoms with E-state index in [4.69, 9.17) is 4.74 Å². The van der Waals surface area contributed by atoms with Crippen molar-refractivity contribution < 1.29 is 9.53 Å². The van der Waals surface area contributed by atoms with Crippen molar-refractivity contribution in [3.05, 3.63) is 35.9 Å². The van der Waals surface area contributed by atoms with Crippen LogP contribution in [0.3, 0.4) is 0 Å². The maximum atomic E-state index is 12.7. The second kappa shape index (κ2) is 9.89. The number of carbonyl (C=O) groups is 1. The van der Waals surface area contributed by atoms with Gasteiger partial charge in [0.25, 0.3) is 0 Å². The van der Waals surface area contributed by atoms with Crippen molar-refractivity contribution in [2.45, 2.75) is 76.5 Å². The van der Waals surface area contributed by atoms with Gasteiger partial charge in [-0.15, -0.1) is 0 Å². The van der Waals surface area contributed by atoms with Gasteiger partial charge < -0.3 is 9.64 Å². The number of piperidine rings is 2. The van der Waals surface area contributed by atoms with E-state index in [1.165, 1.54) is 24.8 Å². The lowest BCUT2D eigenvalue weighted by atomic mass is 9.88. The first-order chi connectivity index (χ1) is 13.8. The molecule has 0 radical (unpaired) electrons. The van der Waals surface area contributed by atoms with Gasteiger partial charge in [-0.05, 0) is 44.1 Å². The summed E-state index contributed by atoms with van der Waals surface area (Å²) in [4.78, 5) is 17.4. The zero-order valence-corrected chi connectivity index (χ0v) is 17.2. The summed E-state index contributed by atoms with van der Waals surface area (Å²) >= 11 is 0. The molecular weight excluding hydrogens is 348 g/mol. The average Bonchev–Trinajstić information content (AvgIpc) is 2.76. The highest BCUT2D eigenvalue weighted by Crippen LogP contribution is 2.28. The average molecular weight is 385 g/mol. The second-order valence-corrected chi connectivity index (χ2v) is 8.96. The quantitative estimate of drug-likeness (QED) is 0.761. The highest BCUT2D eigenvalue weighted by molar-refractivity contribution is 5.79. The van der Waals surface area contributed by atoms with E-state index < -0.39 is 0 Å². The van der Waals surface area contributed by atoms with Crippen molar-refractivity contribution in [1.29, 1.82) is 0 Å². The predicted octanol–water partition coefficient (Wildman–Crippen LogP) is 4.24. The minimum Gasteiger partial charge on any atom is -0.375 e. The number of benzene rings is 1. The first-order valence-electron chi connectivity index (χ1n) is 11.5. The number of carbonyl (C=O) groups excluding carboxylic acids is 1. The van der Waals surface area contributed by atoms with Gasteiger partial charge in [-0.2, -0.15) is 0 Å². The number of amides is 1. The number of ether oxygens (including phenoxy) is 1. The molecule has 28 heavy (non-hydrogen) atoms. The van der Waals surface area contributed by atoms with Gasteiger partial charge in [-0.3, -0.25) is 9.69 Å². The zero-order valence-electron chi connectivity index (χ0n) is 17.2. The van der Waals surface area contributed by atoms with Gasteiger partial charge in [0.05, 0.1) is 12.2 Å². The molecule has 3 fully saturated rings. The molecule has 4 rings (SSSR count). The van der Waals surface area contributed by atoms with E-state index in [1.807, 2.05) is 0 Å². The molecule has 1 saturated carbocycles. The molecule has 1 aromatic carbocycles. The second-order valence-electron chi connectivity index (χ2n) is 8.96. The van der Waals surface area contributed by atoms with Crippen molar-refractivity contribution >= 4 is 5.91 Å². The summed E-state index contributed by atoms with van der Waals surface area (Å²) in [5, 5.41) is 0. The molecule has 154 valence electrons. The molecule has 1 aromatic rings. The van der Waals surface area contributed by atoms with Crippen LogP contribution in [0.2, 0.25) is 0 Å². The van der Waals surface area contributed by atoms with E-state index in [1.54, 1.807) is 0 Å². The van der Waals surface area contributed by atoms with Crippen LogP contribution in [0.5, 0.6) is 0 Å². The van der Waals surface area contributed by atoms with Gasteiger partial charge in [0, 0.05) is 38.6 Å². The monoisotopic (exact) mass is 384 g/mol. The van der Waals surface area contributed by atoms with Crippen molar-refractivity contribution in [1.82, 2.24) is 9.80 Å². The van der Waals surface area contributed by atoms with Gasteiger partial charge in [0.15, 0.2) is 0 Å². The number of rotatable bonds is 5. The highest BCUT2D eigenvalue weighted by atomic mass is 16.5. The third-order valence-electron chi connectivity index (χ3n) is 6.88. The Morgan fingerprint density at radius 1 is 0.821 bits per heavy atom. The summed E-state index contributed by atoms with van der Waals surface area (Å²) in [6, 6.07) is 10.8. The van der Waals surface area contributed by atoms with E-state index in [2.05, 4.69) is 40.1 Å². The fourth-order valence-electron chi connectivity index (χ4n) is 5.14. The summed E-state index contributed by atoms with van der Waals surface area (Å²) in [7, 11) is 0. The highest BCUT2D eigenvalue weighted by Gasteiger charge is 2.31. The van der Waals surface area contributed by atoms with E-state index >= 15 is 0 Å². The maximum Gasteiger partial charge on any atom is 0.225 e. The standard InChI is InChI=1S/C24H36N2O2/c27-24(21-9-5-2-6-10-21)26-17-13-23(14-18-26)28-22-11-15-25(16-12-22)19-20-7-3-1-4-8-20/h1,3-4,7-8,21-23H,2,5-6,9-19H2. The molecule has 3 aliphatic rings. The van der Waals surface area contributed by atoms with Crippen molar-refractivity contribution in [3.63, 3.8) is 0 Å². The predicted molar refractivity (Wildman–Crippen MR) is 112 cm³/mol. The van der Waals surface area contributed by atoms with Gasteiger partial charge in [-0.1, -0.05) is 49.6 Å². The Labute approximate surface area is 170 Å². The molecule has 2 saturated heterocycles. The normalized spacial score (nSPS) is 23.8. The molecule has 2 heterocycles. The molecule has 1 amide bonds. The van der Waals surface area contributed by atoms with E-state index in [9.17, 15) is 4.79 Å². The van der Waals surface area contributed by atoms with Crippen LogP contribution < -0.4 is 0 Å². The van der Waals surface area contributed by atoms with Gasteiger partial charge >= 0.3 is 0 Å². The molecule has 4 heteroatoms. The minimum absolute atomic E-state index is 0.306. The lowest BCUT2D eigenvalue weighted by molar-refractivity contribution is -0.140. The van der Waals surface area contributed by atoms with Crippen molar-refractivity contribution in [2.24, 2.45) is 5.92 Å². The van der Waals surface area contributed by atoms with Crippen LogP contribution in [0.15, 0.2) is 30.3 Å². The Balaban J connectivity index is 1.15. The van der Waals surface area contributed by atoms with E-state index in [0.29, 0.717) is 24.0 Å². The molecule has 0 N–H and O–H groups in total. The Morgan fingerprint density at radius 3 is 2.07 bits per heavy atom. The van der Waals surface area contributed by atoms with Crippen LogP contribution in [0.4, 0.5) is 0 Å². The molecule has 2 aliphatic heterocycles. The summed E-state index contributed by atoms with van der Waals surface area (Å²) in [5.74, 6) is 0.729. The molecule has 0 aromatic heterocycles. The molecule has 0 bridgehead atoms. The molecule has 1 aliphatic carbocycles. The Kier molecular flexibility index (Phi) is 7.03. The van der Waals surface area contributed by atoms with E-state index in [0.717, 1.165) is 71.2 Å². The number of hydrogen-bond donors (Lipinski definition) is 0. The summed E-state index contributed by atoms with van der Waals surface area (Å²) in [5.41, 5.74) is 1.40. The lowest BCUT2D eigenvalue weighted by Crippen LogP contribution is -2.45. The molecule has 4 nitrogen and oxygen atoms in total. The first-order valence-corrected chi connectivity index (χ1v) is 11.5. The molecule has 0 spiro atoms. The lowest BCUT2D eigenvalue weighted by Gasteiger charge is -2.38. The molecule has 0 unspecified atom stereocenters. The fraction of sp³-hybridized carbons (Fsp3) is 0.708. The third kappa shape index (κ3) is 5.36. The Morgan fingerprint density at radius 2 is 1.43 bits per heavy atom. The Hall–Kier alpha value is -1.39. The first kappa shape index (κ1) is 19.9. The van der Waals surface area contributed by atoms with Gasteiger partial charge in [0.1, 0.15) is 0 Å². The van der Waals surface area contributed by atoms with Gasteiger partial charge in [-0.25, -0.2) is 0 Å². The molecule has 0 atom stereocenters. The largest absolute Gasteiger partial charge is 0.375 e. The smallest absolute Gasteiger partial charge is 0.225 e. The van der Waals surface area contributed by atoms with Crippen molar-refractivity contribution in [2.75, 3.05) is 26.2 Å². The molecular formula is C24H36N2O2. The maximum absolute atomic E-state index is 12.7. The van der Waals surface area contributed by atoms with Crippen LogP contribution in [0.1, 0.15) is 63.4 Å². The van der Waals surface area contributed by atoms with Crippen LogP contribution in [-0.2, 0) is 16.1 Å². The van der Waals surface area contributed by atoms with Crippen LogP contribution >= 0.6 is 0 Å². The summed E-state index contributed by atoms with van der Waals surface area (Å²) in [6.07, 6.45) is 11.0. The topological polar surface area (TPSA) is 32.8 Å². The SMILES string of the molecule is O=C(C1CCCCC1)N1CCC(OC2CCN(Cc3ccccc3)CC2)CC1. The number of likely N-dealkylation sites (tertiary alicyclic amines) is 2. The van der Waals surface area contributed by atoms with Crippen molar-refractivity contribution in [3.8, 4) is 0 Å². The third-order valence-corrected chi connectivity index (χ3v) is 6.88. The number of nitrogens with zero attached hydrogens (tertiary/aromatic N) is 2. The van der Waals surface area contributed by atoms with Crippen LogP contribution in [-0.4, -0.2) is 54.1 Å². The van der Waals surface area contributed by atoms with Crippen LogP contribution in [0, 0.1) is 5.92 Å². The van der Waals surface area contributed by atoms with Gasteiger partial charge in [0.2, 0.25) is 5.91 Å². The van der Waals surface area contributed by atoms with E-state index in [-0.39, 0.29) is 0 Å². The Bertz CT molecular complexity index is 598. The summed E-state index contributed by atoms with van der Waals surface area (Å²) < 4.78 is 6.44. The van der Waals surface area contributed by atoms with Crippen LogP contribution in [0.25, 0.3) is 0 Å². The fourth-order valence-corrected chi connectivity index (χ4v) is 5.14. The summed E-state index contributed by atoms with van der Waals surface area (Å²) in [6.45, 7) is 5.09.